The second-order valence-corrected chi connectivity index (χ2v) is 9.61. The Bertz CT molecular complexity index is 1410. The van der Waals surface area contributed by atoms with Crippen molar-refractivity contribution in [1.29, 1.82) is 0 Å². The van der Waals surface area contributed by atoms with Crippen LogP contribution in [0.3, 0.4) is 0 Å². The molecule has 0 radical (unpaired) electrons. The average Bonchev–Trinajstić information content (AvgIpc) is 3.56. The topological polar surface area (TPSA) is 108 Å². The number of hydrogen-bond acceptors (Lipinski definition) is 8. The van der Waals surface area contributed by atoms with Gasteiger partial charge in [-0.2, -0.15) is 0 Å². The number of ketones is 1. The Morgan fingerprint density at radius 1 is 1.06 bits per heavy atom. The van der Waals surface area contributed by atoms with Crippen molar-refractivity contribution in [3.63, 3.8) is 0 Å². The fraction of sp³-hybridized carbons (Fsp3) is 0.0833. The number of thiophene rings is 1. The van der Waals surface area contributed by atoms with E-state index in [0.29, 0.717) is 22.6 Å². The van der Waals surface area contributed by atoms with Gasteiger partial charge in [0.2, 0.25) is 0 Å². The number of benzene rings is 2. The van der Waals surface area contributed by atoms with Crippen LogP contribution in [0.1, 0.15) is 15.9 Å². The fourth-order valence-corrected chi connectivity index (χ4v) is 4.94. The van der Waals surface area contributed by atoms with Gasteiger partial charge in [0.25, 0.3) is 10.0 Å². The number of allylic oxidation sites excluding steroid dienone is 1. The van der Waals surface area contributed by atoms with Gasteiger partial charge in [-0.3, -0.25) is 9.52 Å². The minimum Gasteiger partial charge on any atom is -0.496 e. The smallest absolute Gasteiger partial charge is 0.263 e. The molecule has 2 aromatic heterocycles. The minimum atomic E-state index is -3.85. The normalized spacial score (nSPS) is 11.5. The first kappa shape index (κ1) is 23.3. The van der Waals surface area contributed by atoms with Crippen LogP contribution >= 0.6 is 11.3 Å². The quantitative estimate of drug-likeness (QED) is 0.253. The Kier molecular flexibility index (Phi) is 6.80. The van der Waals surface area contributed by atoms with Crippen molar-refractivity contribution in [2.45, 2.75) is 4.90 Å². The molecule has 8 nitrogen and oxygen atoms in total. The maximum atomic E-state index is 12.7. The molecule has 0 amide bonds. The summed E-state index contributed by atoms with van der Waals surface area (Å²) in [7, 11) is -0.712. The highest BCUT2D eigenvalue weighted by Gasteiger charge is 2.16. The molecule has 10 heteroatoms. The number of sulfonamides is 1. The van der Waals surface area contributed by atoms with Crippen LogP contribution in [0.15, 0.2) is 81.7 Å². The predicted molar refractivity (Wildman–Crippen MR) is 130 cm³/mol. The van der Waals surface area contributed by atoms with E-state index in [1.807, 2.05) is 23.6 Å². The molecule has 0 spiro atoms. The van der Waals surface area contributed by atoms with E-state index >= 15 is 0 Å². The predicted octanol–water partition coefficient (Wildman–Crippen LogP) is 5.12. The molecule has 4 aromatic rings. The van der Waals surface area contributed by atoms with Crippen LogP contribution in [0.2, 0.25) is 0 Å². The van der Waals surface area contributed by atoms with Crippen LogP contribution in [-0.2, 0) is 10.0 Å². The molecule has 0 aliphatic carbocycles. The lowest BCUT2D eigenvalue weighted by molar-refractivity contribution is 0.104. The summed E-state index contributed by atoms with van der Waals surface area (Å²) in [5, 5.41) is 5.50. The molecule has 174 valence electrons. The van der Waals surface area contributed by atoms with Crippen LogP contribution in [0.25, 0.3) is 16.5 Å². The summed E-state index contributed by atoms with van der Waals surface area (Å²) < 4.78 is 42.7. The van der Waals surface area contributed by atoms with Gasteiger partial charge in [0, 0.05) is 33.7 Å². The number of hydrogen-bond donors (Lipinski definition) is 1. The molecule has 0 atom stereocenters. The Balaban J connectivity index is 1.56. The van der Waals surface area contributed by atoms with E-state index in [1.54, 1.807) is 37.7 Å². The second kappa shape index (κ2) is 9.94. The summed E-state index contributed by atoms with van der Waals surface area (Å²) >= 11 is 1.58. The van der Waals surface area contributed by atoms with E-state index in [2.05, 4.69) is 14.4 Å². The van der Waals surface area contributed by atoms with Gasteiger partial charge in [0.05, 0.1) is 19.1 Å². The molecule has 0 unspecified atom stereocenters. The molecule has 34 heavy (non-hydrogen) atoms. The van der Waals surface area contributed by atoms with Gasteiger partial charge >= 0.3 is 0 Å². The molecule has 4 rings (SSSR count). The molecule has 2 heterocycles. The van der Waals surface area contributed by atoms with E-state index in [0.717, 1.165) is 10.4 Å². The van der Waals surface area contributed by atoms with Crippen LogP contribution in [0, 0.1) is 0 Å². The highest BCUT2D eigenvalue weighted by Crippen LogP contribution is 2.38. The van der Waals surface area contributed by atoms with Crippen molar-refractivity contribution < 1.29 is 27.2 Å². The van der Waals surface area contributed by atoms with Crippen molar-refractivity contribution in [3.05, 3.63) is 83.4 Å². The van der Waals surface area contributed by atoms with E-state index in [-0.39, 0.29) is 16.5 Å². The van der Waals surface area contributed by atoms with Crippen LogP contribution < -0.4 is 14.2 Å². The van der Waals surface area contributed by atoms with Gasteiger partial charge in [0.1, 0.15) is 17.8 Å². The zero-order valence-electron chi connectivity index (χ0n) is 18.2. The van der Waals surface area contributed by atoms with Crippen molar-refractivity contribution in [1.82, 2.24) is 5.16 Å². The highest BCUT2D eigenvalue weighted by atomic mass is 32.2. The fourth-order valence-electron chi connectivity index (χ4n) is 3.20. The maximum absolute atomic E-state index is 12.7. The number of carbonyl (C=O) groups is 1. The average molecular weight is 497 g/mol. The molecule has 0 aliphatic heterocycles. The molecular weight excluding hydrogens is 476 g/mol. The third kappa shape index (κ3) is 5.03. The van der Waals surface area contributed by atoms with E-state index < -0.39 is 10.0 Å². The van der Waals surface area contributed by atoms with Crippen molar-refractivity contribution in [2.24, 2.45) is 0 Å². The largest absolute Gasteiger partial charge is 0.496 e. The first-order chi connectivity index (χ1) is 16.4. The Hall–Kier alpha value is -3.89. The zero-order valence-corrected chi connectivity index (χ0v) is 19.9. The standard InChI is InChI=1S/C24H20N2O6S2/c1-30-21-15-22(31-2)19(23-4-3-13-33-23)14-17(21)7-10-20(27)16-5-8-18(9-6-16)34(28,29)26-24-11-12-32-25-24/h3-15H,1-2H3,(H,25,26)/b10-7+. The van der Waals surface area contributed by atoms with E-state index in [9.17, 15) is 13.2 Å². The lowest BCUT2D eigenvalue weighted by Crippen LogP contribution is -2.13. The highest BCUT2D eigenvalue weighted by molar-refractivity contribution is 7.92. The molecule has 0 saturated carbocycles. The number of ether oxygens (including phenoxy) is 2. The second-order valence-electron chi connectivity index (χ2n) is 6.98. The molecule has 1 N–H and O–H groups in total. The number of nitrogens with one attached hydrogen (secondary N) is 1. The third-order valence-electron chi connectivity index (χ3n) is 4.88. The number of anilines is 1. The number of nitrogens with zero attached hydrogens (tertiary/aromatic N) is 1. The van der Waals surface area contributed by atoms with E-state index in [1.165, 1.54) is 42.7 Å². The van der Waals surface area contributed by atoms with Gasteiger partial charge < -0.3 is 14.0 Å². The summed E-state index contributed by atoms with van der Waals surface area (Å²) in [5.74, 6) is 1.00. The molecular formula is C24H20N2O6S2. The van der Waals surface area contributed by atoms with Gasteiger partial charge in [-0.1, -0.05) is 11.2 Å². The summed E-state index contributed by atoms with van der Waals surface area (Å²) in [6.07, 6.45) is 4.33. The summed E-state index contributed by atoms with van der Waals surface area (Å²) in [4.78, 5) is 13.8. The Morgan fingerprint density at radius 2 is 1.82 bits per heavy atom. The summed E-state index contributed by atoms with van der Waals surface area (Å²) in [6.45, 7) is 0. The van der Waals surface area contributed by atoms with Crippen molar-refractivity contribution in [3.8, 4) is 21.9 Å². The molecule has 0 aliphatic rings. The number of aromatic nitrogens is 1. The zero-order chi connectivity index (χ0) is 24.1. The van der Waals surface area contributed by atoms with Crippen molar-refractivity contribution >= 4 is 39.0 Å². The number of methoxy groups -OCH3 is 2. The molecule has 2 aromatic carbocycles. The van der Waals surface area contributed by atoms with E-state index in [4.69, 9.17) is 9.47 Å². The van der Waals surface area contributed by atoms with Crippen molar-refractivity contribution in [2.75, 3.05) is 18.9 Å². The first-order valence-corrected chi connectivity index (χ1v) is 12.3. The lowest BCUT2D eigenvalue weighted by Gasteiger charge is -2.12. The maximum Gasteiger partial charge on any atom is 0.263 e. The van der Waals surface area contributed by atoms with Gasteiger partial charge in [-0.15, -0.1) is 11.3 Å². The third-order valence-corrected chi connectivity index (χ3v) is 7.15. The monoisotopic (exact) mass is 496 g/mol. The SMILES string of the molecule is COc1cc(OC)c(-c2cccs2)cc1/C=C/C(=O)c1ccc(S(=O)(=O)Nc2ccon2)cc1. The van der Waals surface area contributed by atoms with Gasteiger partial charge in [0.15, 0.2) is 11.6 Å². The van der Waals surface area contributed by atoms with Gasteiger partial charge in [-0.05, 0) is 53.9 Å². The Morgan fingerprint density at radius 3 is 2.44 bits per heavy atom. The first-order valence-electron chi connectivity index (χ1n) is 9.97. The van der Waals surface area contributed by atoms with Crippen LogP contribution in [-0.4, -0.2) is 33.6 Å². The number of carbonyl (C=O) groups excluding carboxylic acids is 1. The molecule has 0 fully saturated rings. The van der Waals surface area contributed by atoms with Gasteiger partial charge in [-0.25, -0.2) is 8.42 Å². The lowest BCUT2D eigenvalue weighted by atomic mass is 10.0. The molecule has 0 bridgehead atoms. The summed E-state index contributed by atoms with van der Waals surface area (Å²) in [6, 6.07) is 14.6. The molecule has 0 saturated heterocycles. The summed E-state index contributed by atoms with van der Waals surface area (Å²) in [5.41, 5.74) is 1.93. The van der Waals surface area contributed by atoms with Crippen LogP contribution in [0.5, 0.6) is 11.5 Å². The Labute approximate surface area is 200 Å². The van der Waals surface area contributed by atoms with Crippen LogP contribution in [0.4, 0.5) is 5.82 Å². The minimum absolute atomic E-state index is 0.00607. The number of rotatable bonds is 9.